The van der Waals surface area contributed by atoms with E-state index in [1.54, 1.807) is 0 Å². The molecule has 2 aromatic carbocycles. The number of hydrogen-bond donors (Lipinski definition) is 0. The molecule has 3 rings (SSSR count). The maximum absolute atomic E-state index is 5.59. The lowest BCUT2D eigenvalue weighted by Crippen LogP contribution is -1.95. The Morgan fingerprint density at radius 1 is 1.00 bits per heavy atom. The molecule has 0 radical (unpaired) electrons. The van der Waals surface area contributed by atoms with Crippen molar-refractivity contribution in [3.63, 3.8) is 0 Å². The fourth-order valence-electron chi connectivity index (χ4n) is 3.03. The zero-order valence-electron chi connectivity index (χ0n) is 16.4. The van der Waals surface area contributed by atoms with E-state index < -0.39 is 0 Å². The minimum atomic E-state index is 0.318. The minimum Gasteiger partial charge on any atom is -0.454 e. The van der Waals surface area contributed by atoms with Gasteiger partial charge in [0.15, 0.2) is 11.5 Å². The molecule has 0 amide bonds. The van der Waals surface area contributed by atoms with Gasteiger partial charge >= 0.3 is 0 Å². The molecule has 2 nitrogen and oxygen atoms in total. The average molecular weight is 381 g/mol. The van der Waals surface area contributed by atoms with Crippen LogP contribution in [-0.2, 0) is 0 Å². The zero-order chi connectivity index (χ0) is 19.1. The molecule has 0 N–H and O–H groups in total. The number of thioether (sulfide) groups is 1. The van der Waals surface area contributed by atoms with Crippen LogP contribution in [0.15, 0.2) is 76.7 Å². The standard InChI is InChI=1S/C24H28O2S/c1-18(2)8-7-9-19(3)12-15-24(27-21-10-5-4-6-11-21)20-13-14-22-23(16-20)26-17-25-22/h4-6,8,10-14,16,24H,7,9,15,17H2,1-3H3/b19-12+. The van der Waals surface area contributed by atoms with Gasteiger partial charge in [0.05, 0.1) is 0 Å². The van der Waals surface area contributed by atoms with Gasteiger partial charge < -0.3 is 9.47 Å². The smallest absolute Gasteiger partial charge is 0.231 e. The molecule has 0 saturated heterocycles. The van der Waals surface area contributed by atoms with Gasteiger partial charge in [0.1, 0.15) is 0 Å². The van der Waals surface area contributed by atoms with Crippen molar-refractivity contribution in [2.45, 2.75) is 50.2 Å². The van der Waals surface area contributed by atoms with Crippen molar-refractivity contribution in [2.24, 2.45) is 0 Å². The first-order valence-electron chi connectivity index (χ1n) is 9.52. The highest BCUT2D eigenvalue weighted by molar-refractivity contribution is 7.99. The van der Waals surface area contributed by atoms with Crippen LogP contribution in [0, 0.1) is 0 Å². The van der Waals surface area contributed by atoms with Crippen LogP contribution in [-0.4, -0.2) is 6.79 Å². The van der Waals surface area contributed by atoms with Crippen LogP contribution in [0.2, 0.25) is 0 Å². The van der Waals surface area contributed by atoms with Crippen LogP contribution in [0.1, 0.15) is 50.8 Å². The molecular formula is C24H28O2S. The Balaban J connectivity index is 1.74. The highest BCUT2D eigenvalue weighted by Crippen LogP contribution is 2.42. The molecule has 0 aliphatic carbocycles. The third kappa shape index (κ3) is 5.93. The van der Waals surface area contributed by atoms with Crippen molar-refractivity contribution in [1.82, 2.24) is 0 Å². The summed E-state index contributed by atoms with van der Waals surface area (Å²) in [4.78, 5) is 1.29. The predicted octanol–water partition coefficient (Wildman–Crippen LogP) is 7.33. The van der Waals surface area contributed by atoms with Crippen LogP contribution in [0.5, 0.6) is 11.5 Å². The molecule has 27 heavy (non-hydrogen) atoms. The van der Waals surface area contributed by atoms with Gasteiger partial charge in [0, 0.05) is 10.1 Å². The van der Waals surface area contributed by atoms with E-state index in [1.165, 1.54) is 21.6 Å². The summed E-state index contributed by atoms with van der Waals surface area (Å²) in [6, 6.07) is 16.9. The quantitative estimate of drug-likeness (QED) is 0.353. The van der Waals surface area contributed by atoms with E-state index in [4.69, 9.17) is 9.47 Å². The Morgan fingerprint density at radius 3 is 2.56 bits per heavy atom. The second-order valence-corrected chi connectivity index (χ2v) is 8.41. The van der Waals surface area contributed by atoms with E-state index in [0.29, 0.717) is 12.0 Å². The zero-order valence-corrected chi connectivity index (χ0v) is 17.2. The van der Waals surface area contributed by atoms with Crippen LogP contribution in [0.25, 0.3) is 0 Å². The van der Waals surface area contributed by atoms with Gasteiger partial charge in [-0.25, -0.2) is 0 Å². The molecule has 0 saturated carbocycles. The molecule has 1 atom stereocenters. The maximum atomic E-state index is 5.59. The second kappa shape index (κ2) is 9.70. The molecule has 0 bridgehead atoms. The molecule has 1 unspecified atom stereocenters. The highest BCUT2D eigenvalue weighted by Gasteiger charge is 2.18. The summed E-state index contributed by atoms with van der Waals surface area (Å²) in [5, 5.41) is 0.348. The maximum Gasteiger partial charge on any atom is 0.231 e. The minimum absolute atomic E-state index is 0.318. The number of ether oxygens (including phenoxy) is 2. The summed E-state index contributed by atoms with van der Waals surface area (Å²) < 4.78 is 11.1. The largest absolute Gasteiger partial charge is 0.454 e. The second-order valence-electron chi connectivity index (χ2n) is 7.14. The van der Waals surface area contributed by atoms with Crippen molar-refractivity contribution < 1.29 is 9.47 Å². The molecule has 142 valence electrons. The van der Waals surface area contributed by atoms with Crippen molar-refractivity contribution in [1.29, 1.82) is 0 Å². The first-order valence-corrected chi connectivity index (χ1v) is 10.4. The van der Waals surface area contributed by atoms with Gasteiger partial charge in [-0.3, -0.25) is 0 Å². The fraction of sp³-hybridized carbons (Fsp3) is 0.333. The number of benzene rings is 2. The summed E-state index contributed by atoms with van der Waals surface area (Å²) >= 11 is 1.91. The Morgan fingerprint density at radius 2 is 1.78 bits per heavy atom. The third-order valence-electron chi connectivity index (χ3n) is 4.56. The molecule has 3 heteroatoms. The van der Waals surface area contributed by atoms with E-state index in [2.05, 4.69) is 75.4 Å². The monoisotopic (exact) mass is 380 g/mol. The summed E-state index contributed by atoms with van der Waals surface area (Å²) in [5.74, 6) is 1.70. The Hall–Kier alpha value is -2.13. The lowest BCUT2D eigenvalue weighted by Gasteiger charge is -2.16. The first-order chi connectivity index (χ1) is 13.1. The SMILES string of the molecule is CC(C)=CCC/C(C)=C/CC(Sc1ccccc1)c1ccc2c(c1)OCO2. The van der Waals surface area contributed by atoms with Crippen LogP contribution in [0.4, 0.5) is 0 Å². The van der Waals surface area contributed by atoms with Crippen LogP contribution >= 0.6 is 11.8 Å². The lowest BCUT2D eigenvalue weighted by atomic mass is 10.0. The van der Waals surface area contributed by atoms with E-state index in [9.17, 15) is 0 Å². The van der Waals surface area contributed by atoms with E-state index >= 15 is 0 Å². The molecule has 1 aliphatic rings. The molecule has 2 aromatic rings. The summed E-state index contributed by atoms with van der Waals surface area (Å²) in [6.45, 7) is 6.87. The van der Waals surface area contributed by atoms with Crippen molar-refractivity contribution in [2.75, 3.05) is 6.79 Å². The van der Waals surface area contributed by atoms with Crippen molar-refractivity contribution in [3.05, 3.63) is 77.4 Å². The van der Waals surface area contributed by atoms with Crippen molar-refractivity contribution >= 4 is 11.8 Å². The molecule has 0 aromatic heterocycles. The van der Waals surface area contributed by atoms with Crippen molar-refractivity contribution in [3.8, 4) is 11.5 Å². The van der Waals surface area contributed by atoms with E-state index in [-0.39, 0.29) is 0 Å². The Labute approximate surface area is 167 Å². The fourth-order valence-corrected chi connectivity index (χ4v) is 4.15. The number of hydrogen-bond acceptors (Lipinski definition) is 3. The molecule has 0 spiro atoms. The Kier molecular flexibility index (Phi) is 7.05. The molecule has 0 fully saturated rings. The van der Waals surface area contributed by atoms with Gasteiger partial charge in [0.25, 0.3) is 0 Å². The molecular weight excluding hydrogens is 352 g/mol. The number of fused-ring (bicyclic) bond motifs is 1. The third-order valence-corrected chi connectivity index (χ3v) is 5.86. The molecule has 1 aliphatic heterocycles. The van der Waals surface area contributed by atoms with Gasteiger partial charge in [-0.05, 0) is 69.9 Å². The topological polar surface area (TPSA) is 18.5 Å². The Bertz CT molecular complexity index is 804. The number of rotatable bonds is 8. The predicted molar refractivity (Wildman–Crippen MR) is 115 cm³/mol. The van der Waals surface area contributed by atoms with Gasteiger partial charge in [-0.2, -0.15) is 0 Å². The average Bonchev–Trinajstić information content (AvgIpc) is 3.13. The van der Waals surface area contributed by atoms with Crippen LogP contribution in [0.3, 0.4) is 0 Å². The van der Waals surface area contributed by atoms with Gasteiger partial charge in [-0.1, -0.05) is 47.6 Å². The number of allylic oxidation sites excluding steroid dienone is 4. The lowest BCUT2D eigenvalue weighted by molar-refractivity contribution is 0.174. The van der Waals surface area contributed by atoms with E-state index in [1.807, 2.05) is 17.8 Å². The summed E-state index contributed by atoms with van der Waals surface area (Å²) in [6.07, 6.45) is 7.94. The summed E-state index contributed by atoms with van der Waals surface area (Å²) in [5.41, 5.74) is 4.12. The normalized spacial score (nSPS) is 14.1. The van der Waals surface area contributed by atoms with E-state index in [0.717, 1.165) is 30.8 Å². The van der Waals surface area contributed by atoms with Crippen LogP contribution < -0.4 is 9.47 Å². The molecule has 1 heterocycles. The summed E-state index contributed by atoms with van der Waals surface area (Å²) in [7, 11) is 0. The highest BCUT2D eigenvalue weighted by atomic mass is 32.2. The van der Waals surface area contributed by atoms with Gasteiger partial charge in [-0.15, -0.1) is 11.8 Å². The van der Waals surface area contributed by atoms with Gasteiger partial charge in [0.2, 0.25) is 6.79 Å². The first kappa shape index (κ1) is 19.6.